The molecule has 0 N–H and O–H groups in total. The fourth-order valence-electron chi connectivity index (χ4n) is 3.96. The van der Waals surface area contributed by atoms with E-state index in [2.05, 4.69) is 109 Å². The summed E-state index contributed by atoms with van der Waals surface area (Å²) in [7, 11) is -2.25. The molecule has 0 spiro atoms. The summed E-state index contributed by atoms with van der Waals surface area (Å²) in [6.07, 6.45) is 9.47. The standard InChI is InChI=1S/C24H23P/c1-5-13-21(14-6-1)25(22-15-7-2-8-16-22,23-17-9-3-10-18-23)24-19-11-4-12-20-24/h1-3,5-11,13-20,25H,4,12H2. The van der Waals surface area contributed by atoms with Crippen LogP contribution in [0.15, 0.2) is 115 Å². The van der Waals surface area contributed by atoms with Gasteiger partial charge in [-0.05, 0) is 0 Å². The summed E-state index contributed by atoms with van der Waals surface area (Å²) in [6, 6.07) is 33.3. The van der Waals surface area contributed by atoms with Gasteiger partial charge in [0.05, 0.1) is 0 Å². The molecule has 0 saturated carbocycles. The molecule has 0 fully saturated rings. The summed E-state index contributed by atoms with van der Waals surface area (Å²) in [6.45, 7) is 0. The second kappa shape index (κ2) is 7.21. The molecule has 0 aromatic heterocycles. The maximum absolute atomic E-state index is 2.47. The number of rotatable bonds is 4. The van der Waals surface area contributed by atoms with Crippen LogP contribution in [0.1, 0.15) is 12.8 Å². The van der Waals surface area contributed by atoms with Crippen LogP contribution < -0.4 is 15.9 Å². The molecule has 0 radical (unpaired) electrons. The van der Waals surface area contributed by atoms with Crippen molar-refractivity contribution >= 4 is 23.2 Å². The topological polar surface area (TPSA) is 0 Å². The zero-order chi connectivity index (χ0) is 17.0. The van der Waals surface area contributed by atoms with E-state index in [0.29, 0.717) is 0 Å². The fraction of sp³-hybridized carbons (Fsp3) is 0.0833. The SMILES string of the molecule is C1=CC([PH](c2ccccc2)(c2ccccc2)c2ccccc2)=CCC1. The van der Waals surface area contributed by atoms with Gasteiger partial charge in [-0.2, -0.15) is 0 Å². The molecular formula is C24H23P. The van der Waals surface area contributed by atoms with Gasteiger partial charge in [0.2, 0.25) is 0 Å². The van der Waals surface area contributed by atoms with Crippen LogP contribution in [0.25, 0.3) is 0 Å². The Labute approximate surface area is 150 Å². The van der Waals surface area contributed by atoms with Gasteiger partial charge < -0.3 is 0 Å². The number of hydrogen-bond acceptors (Lipinski definition) is 0. The third-order valence-corrected chi connectivity index (χ3v) is 9.88. The van der Waals surface area contributed by atoms with Crippen LogP contribution in [0.5, 0.6) is 0 Å². The molecule has 25 heavy (non-hydrogen) atoms. The molecule has 1 aliphatic carbocycles. The first-order chi connectivity index (χ1) is 12.4. The Hall–Kier alpha value is -2.43. The first-order valence-corrected chi connectivity index (χ1v) is 11.0. The van der Waals surface area contributed by atoms with Gasteiger partial charge in [0.15, 0.2) is 0 Å². The summed E-state index contributed by atoms with van der Waals surface area (Å²) >= 11 is 0. The van der Waals surface area contributed by atoms with Gasteiger partial charge in [-0.25, -0.2) is 0 Å². The number of hydrogen-bond donors (Lipinski definition) is 0. The van der Waals surface area contributed by atoms with Crippen molar-refractivity contribution in [3.05, 3.63) is 115 Å². The van der Waals surface area contributed by atoms with Crippen LogP contribution in [0.3, 0.4) is 0 Å². The summed E-state index contributed by atoms with van der Waals surface area (Å²) in [5.74, 6) is 0. The summed E-state index contributed by atoms with van der Waals surface area (Å²) in [5, 5.41) is 5.85. The molecule has 0 bridgehead atoms. The van der Waals surface area contributed by atoms with Crippen molar-refractivity contribution in [2.75, 3.05) is 0 Å². The third kappa shape index (κ3) is 2.88. The molecule has 0 unspecified atom stereocenters. The van der Waals surface area contributed by atoms with Gasteiger partial charge in [-0.3, -0.25) is 0 Å². The average Bonchev–Trinajstić information content (AvgIpc) is 2.72. The van der Waals surface area contributed by atoms with E-state index < -0.39 is 7.26 Å². The van der Waals surface area contributed by atoms with Crippen LogP contribution >= 0.6 is 7.26 Å². The Morgan fingerprint density at radius 2 is 0.960 bits per heavy atom. The molecule has 0 atom stereocenters. The average molecular weight is 342 g/mol. The van der Waals surface area contributed by atoms with E-state index in [1.807, 2.05) is 0 Å². The van der Waals surface area contributed by atoms with E-state index in [4.69, 9.17) is 0 Å². The van der Waals surface area contributed by atoms with Crippen molar-refractivity contribution < 1.29 is 0 Å². The van der Waals surface area contributed by atoms with Gasteiger partial charge in [0.1, 0.15) is 0 Å². The van der Waals surface area contributed by atoms with Crippen molar-refractivity contribution in [2.24, 2.45) is 0 Å². The summed E-state index contributed by atoms with van der Waals surface area (Å²) < 4.78 is 0. The Kier molecular flexibility index (Phi) is 4.63. The monoisotopic (exact) mass is 342 g/mol. The van der Waals surface area contributed by atoms with Crippen molar-refractivity contribution in [3.8, 4) is 0 Å². The van der Waals surface area contributed by atoms with Crippen molar-refractivity contribution in [1.29, 1.82) is 0 Å². The molecule has 0 aliphatic heterocycles. The van der Waals surface area contributed by atoms with Crippen molar-refractivity contribution in [2.45, 2.75) is 12.8 Å². The van der Waals surface area contributed by atoms with E-state index in [9.17, 15) is 0 Å². The predicted molar refractivity (Wildman–Crippen MR) is 113 cm³/mol. The van der Waals surface area contributed by atoms with Gasteiger partial charge in [0, 0.05) is 0 Å². The predicted octanol–water partition coefficient (Wildman–Crippen LogP) is 4.95. The van der Waals surface area contributed by atoms with E-state index >= 15 is 0 Å². The van der Waals surface area contributed by atoms with Gasteiger partial charge in [-0.1, -0.05) is 0 Å². The second-order valence-electron chi connectivity index (χ2n) is 6.49. The van der Waals surface area contributed by atoms with Gasteiger partial charge in [0.25, 0.3) is 0 Å². The molecule has 1 heteroatoms. The first-order valence-electron chi connectivity index (χ1n) is 8.96. The normalized spacial score (nSPS) is 14.8. The van der Waals surface area contributed by atoms with E-state index in [1.165, 1.54) is 21.2 Å². The zero-order valence-electron chi connectivity index (χ0n) is 14.3. The van der Waals surface area contributed by atoms with E-state index in [1.54, 1.807) is 0 Å². The van der Waals surface area contributed by atoms with Crippen LogP contribution in [-0.2, 0) is 0 Å². The van der Waals surface area contributed by atoms with Crippen molar-refractivity contribution in [1.82, 2.24) is 0 Å². The zero-order valence-corrected chi connectivity index (χ0v) is 15.3. The third-order valence-electron chi connectivity index (χ3n) is 5.05. The number of allylic oxidation sites excluding steroid dienone is 4. The van der Waals surface area contributed by atoms with Crippen LogP contribution in [-0.4, -0.2) is 0 Å². The molecule has 124 valence electrons. The van der Waals surface area contributed by atoms with Gasteiger partial charge >= 0.3 is 151 Å². The van der Waals surface area contributed by atoms with Crippen LogP contribution in [0.2, 0.25) is 0 Å². The minimum atomic E-state index is -2.25. The molecule has 0 heterocycles. The summed E-state index contributed by atoms with van der Waals surface area (Å²) in [5.41, 5.74) is 0. The Balaban J connectivity index is 2.09. The molecule has 0 amide bonds. The molecule has 0 saturated heterocycles. The van der Waals surface area contributed by atoms with Crippen LogP contribution in [0.4, 0.5) is 0 Å². The maximum atomic E-state index is 2.47. The molecule has 4 rings (SSSR count). The number of benzene rings is 3. The van der Waals surface area contributed by atoms with Crippen LogP contribution in [0, 0.1) is 0 Å². The molecule has 1 aliphatic rings. The molecule has 0 nitrogen and oxygen atoms in total. The minimum absolute atomic E-state index is 1.13. The first kappa shape index (κ1) is 16.1. The Morgan fingerprint density at radius 1 is 0.520 bits per heavy atom. The molecule has 3 aromatic rings. The molecular weight excluding hydrogens is 319 g/mol. The second-order valence-corrected chi connectivity index (χ2v) is 10.3. The van der Waals surface area contributed by atoms with Crippen molar-refractivity contribution in [3.63, 3.8) is 0 Å². The Morgan fingerprint density at radius 3 is 1.32 bits per heavy atom. The summed E-state index contributed by atoms with van der Waals surface area (Å²) in [4.78, 5) is 0. The molecule has 3 aromatic carbocycles. The van der Waals surface area contributed by atoms with Gasteiger partial charge in [-0.15, -0.1) is 0 Å². The Bertz CT molecular complexity index is 780. The van der Waals surface area contributed by atoms with E-state index in [-0.39, 0.29) is 0 Å². The fourth-order valence-corrected chi connectivity index (χ4v) is 8.85. The van der Waals surface area contributed by atoms with E-state index in [0.717, 1.165) is 12.8 Å². The quantitative estimate of drug-likeness (QED) is 0.589.